The van der Waals surface area contributed by atoms with E-state index in [0.29, 0.717) is 31.3 Å². The molecule has 3 heterocycles. The molecule has 1 amide bonds. The number of rotatable bonds is 1. The van der Waals surface area contributed by atoms with Crippen LogP contribution in [0.5, 0.6) is 0 Å². The van der Waals surface area contributed by atoms with E-state index in [1.807, 2.05) is 11.9 Å². The van der Waals surface area contributed by atoms with Gasteiger partial charge in [0, 0.05) is 31.6 Å². The maximum Gasteiger partial charge on any atom is 0.283 e. The van der Waals surface area contributed by atoms with E-state index in [2.05, 4.69) is 9.88 Å². The number of carbonyl (C=O) groups excluding carboxylic acids is 1. The van der Waals surface area contributed by atoms with E-state index in [4.69, 9.17) is 4.74 Å². The quantitative estimate of drug-likeness (QED) is 0.761. The molecule has 0 atom stereocenters. The second-order valence-corrected chi connectivity index (χ2v) is 5.78. The van der Waals surface area contributed by atoms with E-state index in [-0.39, 0.29) is 5.91 Å². The number of thiazole rings is 1. The van der Waals surface area contributed by atoms with Crippen molar-refractivity contribution in [3.05, 3.63) is 9.88 Å². The van der Waals surface area contributed by atoms with Crippen molar-refractivity contribution in [2.75, 3.05) is 44.8 Å². The number of morpholine rings is 1. The lowest BCUT2D eigenvalue weighted by molar-refractivity contribution is 0.0302. The summed E-state index contributed by atoms with van der Waals surface area (Å²) < 4.78 is 5.26. The number of nitrogens with zero attached hydrogens (tertiary/aromatic N) is 3. The van der Waals surface area contributed by atoms with Gasteiger partial charge in [-0.15, -0.1) is 11.3 Å². The van der Waals surface area contributed by atoms with Gasteiger partial charge in [0.05, 0.1) is 13.2 Å². The van der Waals surface area contributed by atoms with Crippen molar-refractivity contribution >= 4 is 23.1 Å². The lowest BCUT2D eigenvalue weighted by Crippen LogP contribution is -2.40. The van der Waals surface area contributed by atoms with Crippen LogP contribution in [0.25, 0.3) is 0 Å². The second-order valence-electron chi connectivity index (χ2n) is 4.70. The fraction of sp³-hybridized carbons (Fsp3) is 0.667. The summed E-state index contributed by atoms with van der Waals surface area (Å²) in [5, 5.41) is 0.635. The highest BCUT2D eigenvalue weighted by Gasteiger charge is 2.26. The lowest BCUT2D eigenvalue weighted by atomic mass is 10.2. The predicted octanol–water partition coefficient (Wildman–Crippen LogP) is 0.998. The number of hydrogen-bond donors (Lipinski definition) is 0. The van der Waals surface area contributed by atoms with Crippen LogP contribution in [-0.2, 0) is 11.2 Å². The summed E-state index contributed by atoms with van der Waals surface area (Å²) in [6.45, 7) is 3.66. The molecule has 98 valence electrons. The van der Waals surface area contributed by atoms with E-state index in [1.165, 1.54) is 4.88 Å². The standard InChI is InChI=1S/C12H17N3O2S/c1-14-4-2-3-9-10(14)13-11(18-9)12(16)15-5-7-17-8-6-15/h2-8H2,1H3. The second kappa shape index (κ2) is 4.85. The van der Waals surface area contributed by atoms with E-state index in [1.54, 1.807) is 11.3 Å². The van der Waals surface area contributed by atoms with Crippen molar-refractivity contribution in [2.24, 2.45) is 0 Å². The SMILES string of the molecule is CN1CCCc2sc(C(=O)N3CCOCC3)nc21. The van der Waals surface area contributed by atoms with Crippen molar-refractivity contribution in [1.82, 2.24) is 9.88 Å². The topological polar surface area (TPSA) is 45.7 Å². The molecule has 3 rings (SSSR count). The van der Waals surface area contributed by atoms with Gasteiger partial charge in [0.15, 0.2) is 5.01 Å². The average Bonchev–Trinajstić information content (AvgIpc) is 2.84. The van der Waals surface area contributed by atoms with Crippen molar-refractivity contribution in [2.45, 2.75) is 12.8 Å². The van der Waals surface area contributed by atoms with Crippen LogP contribution in [0.15, 0.2) is 0 Å². The molecular formula is C12H17N3O2S. The molecule has 2 aliphatic heterocycles. The minimum absolute atomic E-state index is 0.0612. The van der Waals surface area contributed by atoms with Crippen LogP contribution in [0, 0.1) is 0 Å². The highest BCUT2D eigenvalue weighted by molar-refractivity contribution is 7.14. The van der Waals surface area contributed by atoms with Gasteiger partial charge in [-0.3, -0.25) is 4.79 Å². The Labute approximate surface area is 110 Å². The first-order chi connectivity index (χ1) is 8.75. The zero-order valence-corrected chi connectivity index (χ0v) is 11.3. The third kappa shape index (κ3) is 2.10. The maximum absolute atomic E-state index is 12.3. The van der Waals surface area contributed by atoms with E-state index >= 15 is 0 Å². The molecule has 0 aliphatic carbocycles. The van der Waals surface area contributed by atoms with Gasteiger partial charge < -0.3 is 14.5 Å². The molecule has 5 nitrogen and oxygen atoms in total. The summed E-state index contributed by atoms with van der Waals surface area (Å²) in [4.78, 5) is 22.1. The fourth-order valence-electron chi connectivity index (χ4n) is 2.38. The Balaban J connectivity index is 1.81. The van der Waals surface area contributed by atoms with Crippen LogP contribution in [0.2, 0.25) is 0 Å². The molecule has 0 aromatic carbocycles. The molecule has 0 spiro atoms. The van der Waals surface area contributed by atoms with Crippen molar-refractivity contribution < 1.29 is 9.53 Å². The van der Waals surface area contributed by atoms with Crippen LogP contribution in [-0.4, -0.2) is 55.7 Å². The fourth-order valence-corrected chi connectivity index (χ4v) is 3.50. The third-order valence-corrected chi connectivity index (χ3v) is 4.51. The van der Waals surface area contributed by atoms with Crippen molar-refractivity contribution in [3.63, 3.8) is 0 Å². The molecule has 6 heteroatoms. The molecule has 0 unspecified atom stereocenters. The van der Waals surface area contributed by atoms with Crippen molar-refractivity contribution in [1.29, 1.82) is 0 Å². The van der Waals surface area contributed by atoms with Gasteiger partial charge >= 0.3 is 0 Å². The molecule has 1 aromatic heterocycles. The zero-order valence-electron chi connectivity index (χ0n) is 10.5. The van der Waals surface area contributed by atoms with E-state index in [9.17, 15) is 4.79 Å². The number of ether oxygens (including phenoxy) is 1. The average molecular weight is 267 g/mol. The van der Waals surface area contributed by atoms with Gasteiger partial charge in [-0.25, -0.2) is 4.98 Å². The van der Waals surface area contributed by atoms with Crippen molar-refractivity contribution in [3.8, 4) is 0 Å². The Hall–Kier alpha value is -1.14. The van der Waals surface area contributed by atoms with Gasteiger partial charge in [0.25, 0.3) is 5.91 Å². The summed E-state index contributed by atoms with van der Waals surface area (Å²) in [6, 6.07) is 0. The van der Waals surface area contributed by atoms with Crippen LogP contribution in [0.4, 0.5) is 5.82 Å². The van der Waals surface area contributed by atoms with E-state index < -0.39 is 0 Å². The largest absolute Gasteiger partial charge is 0.378 e. The molecule has 18 heavy (non-hydrogen) atoms. The Bertz CT molecular complexity index is 454. The van der Waals surface area contributed by atoms with Gasteiger partial charge in [-0.2, -0.15) is 0 Å². The van der Waals surface area contributed by atoms with Gasteiger partial charge in [-0.05, 0) is 12.8 Å². The number of carbonyl (C=O) groups is 1. The summed E-state index contributed by atoms with van der Waals surface area (Å²) in [7, 11) is 2.04. The number of aryl methyl sites for hydroxylation is 1. The van der Waals surface area contributed by atoms with Crippen LogP contribution < -0.4 is 4.90 Å². The highest BCUT2D eigenvalue weighted by atomic mass is 32.1. The third-order valence-electron chi connectivity index (χ3n) is 3.42. The monoisotopic (exact) mass is 267 g/mol. The molecular weight excluding hydrogens is 250 g/mol. The molecule has 0 saturated carbocycles. The summed E-state index contributed by atoms with van der Waals surface area (Å²) >= 11 is 1.56. The number of anilines is 1. The molecule has 1 saturated heterocycles. The molecule has 1 fully saturated rings. The van der Waals surface area contributed by atoms with Gasteiger partial charge in [-0.1, -0.05) is 0 Å². The van der Waals surface area contributed by atoms with Gasteiger partial charge in [0.2, 0.25) is 0 Å². The summed E-state index contributed by atoms with van der Waals surface area (Å²) in [5.74, 6) is 1.06. The molecule has 0 radical (unpaired) electrons. The van der Waals surface area contributed by atoms with Gasteiger partial charge in [0.1, 0.15) is 5.82 Å². The van der Waals surface area contributed by atoms with Crippen LogP contribution >= 0.6 is 11.3 Å². The Morgan fingerprint density at radius 1 is 1.33 bits per heavy atom. The first-order valence-electron chi connectivity index (χ1n) is 6.33. The highest BCUT2D eigenvalue weighted by Crippen LogP contribution is 2.31. The molecule has 0 N–H and O–H groups in total. The zero-order chi connectivity index (χ0) is 12.5. The van der Waals surface area contributed by atoms with Crippen LogP contribution in [0.3, 0.4) is 0 Å². The smallest absolute Gasteiger partial charge is 0.283 e. The predicted molar refractivity (Wildman–Crippen MR) is 70.4 cm³/mol. The Morgan fingerprint density at radius 2 is 2.11 bits per heavy atom. The number of fused-ring (bicyclic) bond motifs is 1. The molecule has 2 aliphatic rings. The normalized spacial score (nSPS) is 19.8. The summed E-state index contributed by atoms with van der Waals surface area (Å²) in [6.07, 6.45) is 2.20. The Kier molecular flexibility index (Phi) is 3.22. The maximum atomic E-state index is 12.3. The van der Waals surface area contributed by atoms with E-state index in [0.717, 1.165) is 25.2 Å². The number of hydrogen-bond acceptors (Lipinski definition) is 5. The minimum Gasteiger partial charge on any atom is -0.378 e. The first kappa shape index (κ1) is 11.9. The lowest BCUT2D eigenvalue weighted by Gasteiger charge is -2.25. The summed E-state index contributed by atoms with van der Waals surface area (Å²) in [5.41, 5.74) is 0. The minimum atomic E-state index is 0.0612. The van der Waals surface area contributed by atoms with Crippen LogP contribution in [0.1, 0.15) is 21.1 Å². The Morgan fingerprint density at radius 3 is 2.83 bits per heavy atom. The molecule has 1 aromatic rings. The molecule has 0 bridgehead atoms. The number of amides is 1. The first-order valence-corrected chi connectivity index (χ1v) is 7.15. The number of aromatic nitrogens is 1.